The zero-order chi connectivity index (χ0) is 29.0. The Kier molecular flexibility index (Phi) is 6.36. The van der Waals surface area contributed by atoms with Gasteiger partial charge in [-0.05, 0) is 114 Å². The summed E-state index contributed by atoms with van der Waals surface area (Å²) in [7, 11) is 0. The SMILES string of the molecule is Cc1cc(C)c(C2=C3C=CC(=N3)C=C3C=CC(=N3)C(c3ccc(C=O)cc3)=C3C=CC(=N3)C(Br)=C3C=CC2=N3)c(C)c1. The second kappa shape index (κ2) is 10.2. The van der Waals surface area contributed by atoms with Gasteiger partial charge >= 0.3 is 0 Å². The van der Waals surface area contributed by atoms with E-state index in [1.165, 1.54) is 16.7 Å². The fraction of sp³-hybridized carbons (Fsp3) is 0.0833. The van der Waals surface area contributed by atoms with E-state index in [0.717, 1.165) is 78.7 Å². The van der Waals surface area contributed by atoms with Crippen molar-refractivity contribution in [1.29, 1.82) is 0 Å². The number of carbonyl (C=O) groups excluding carboxylic acids is 1. The topological polar surface area (TPSA) is 66.5 Å². The number of allylic oxidation sites excluding steroid dienone is 12. The molecule has 5 nitrogen and oxygen atoms in total. The lowest BCUT2D eigenvalue weighted by molar-refractivity contribution is 0.112. The summed E-state index contributed by atoms with van der Waals surface area (Å²) in [6.07, 6.45) is 19.0. The summed E-state index contributed by atoms with van der Waals surface area (Å²) in [4.78, 5) is 31.4. The van der Waals surface area contributed by atoms with Crippen molar-refractivity contribution in [1.82, 2.24) is 0 Å². The van der Waals surface area contributed by atoms with Crippen LogP contribution in [0.1, 0.15) is 38.2 Å². The third kappa shape index (κ3) is 4.54. The van der Waals surface area contributed by atoms with Crippen molar-refractivity contribution in [2.45, 2.75) is 20.8 Å². The molecule has 0 fully saturated rings. The lowest BCUT2D eigenvalue weighted by atomic mass is 9.90. The van der Waals surface area contributed by atoms with Crippen molar-refractivity contribution in [3.8, 4) is 0 Å². The summed E-state index contributed by atoms with van der Waals surface area (Å²) in [5.41, 5.74) is 14.7. The van der Waals surface area contributed by atoms with Crippen molar-refractivity contribution in [3.05, 3.63) is 152 Å². The lowest BCUT2D eigenvalue weighted by Gasteiger charge is -2.16. The number of aryl methyl sites for hydroxylation is 3. The molecule has 2 aromatic carbocycles. The molecule has 7 rings (SSSR count). The molecule has 5 heterocycles. The van der Waals surface area contributed by atoms with Crippen LogP contribution >= 0.6 is 15.9 Å². The van der Waals surface area contributed by atoms with E-state index in [1.807, 2.05) is 66.8 Å². The van der Waals surface area contributed by atoms with Crippen LogP contribution in [0.5, 0.6) is 0 Å². The van der Waals surface area contributed by atoms with E-state index < -0.39 is 0 Å². The highest BCUT2D eigenvalue weighted by molar-refractivity contribution is 9.12. The van der Waals surface area contributed by atoms with Crippen molar-refractivity contribution in [3.63, 3.8) is 0 Å². The molecule has 0 amide bonds. The molecule has 5 aliphatic heterocycles. The number of benzene rings is 2. The van der Waals surface area contributed by atoms with Gasteiger partial charge in [0.05, 0.1) is 50.1 Å². The number of nitrogens with zero attached hydrogens (tertiary/aromatic N) is 4. The van der Waals surface area contributed by atoms with Crippen LogP contribution < -0.4 is 0 Å². The van der Waals surface area contributed by atoms with E-state index in [4.69, 9.17) is 20.0 Å². The van der Waals surface area contributed by atoms with E-state index >= 15 is 0 Å². The zero-order valence-corrected chi connectivity index (χ0v) is 24.9. The third-order valence-corrected chi connectivity index (χ3v) is 8.45. The van der Waals surface area contributed by atoms with Crippen LogP contribution in [0.3, 0.4) is 0 Å². The number of hydrogen-bond acceptors (Lipinski definition) is 5. The molecule has 0 unspecified atom stereocenters. The van der Waals surface area contributed by atoms with E-state index in [9.17, 15) is 4.79 Å². The molecular weight excluding hydrogens is 584 g/mol. The number of fused-ring (bicyclic) bond motifs is 4. The average molecular weight is 610 g/mol. The highest BCUT2D eigenvalue weighted by Gasteiger charge is 2.25. The normalized spacial score (nSPS) is 18.6. The predicted molar refractivity (Wildman–Crippen MR) is 177 cm³/mol. The highest BCUT2D eigenvalue weighted by atomic mass is 79.9. The molecule has 202 valence electrons. The molecule has 0 spiro atoms. The van der Waals surface area contributed by atoms with Gasteiger partial charge in [0.2, 0.25) is 0 Å². The Morgan fingerprint density at radius 1 is 0.643 bits per heavy atom. The highest BCUT2D eigenvalue weighted by Crippen LogP contribution is 2.36. The number of rotatable bonds is 3. The molecule has 42 heavy (non-hydrogen) atoms. The standard InChI is InChI=1S/C36H25BrN4O/c1-20-16-21(2)33(22(3)17-20)35-29-11-9-26(39-29)18-25-8-10-27(38-25)34(24-6-4-23(19-42)5-7-24)28-12-14-31(40-28)36(37)32-15-13-30(35)41-32/h4-19H,1-3H3. The van der Waals surface area contributed by atoms with E-state index in [1.54, 1.807) is 0 Å². The van der Waals surface area contributed by atoms with Gasteiger partial charge in [0.15, 0.2) is 0 Å². The Balaban J connectivity index is 1.47. The van der Waals surface area contributed by atoms with E-state index in [-0.39, 0.29) is 0 Å². The number of aldehydes is 1. The first-order valence-corrected chi connectivity index (χ1v) is 14.5. The van der Waals surface area contributed by atoms with Gasteiger partial charge in [-0.3, -0.25) is 4.79 Å². The van der Waals surface area contributed by atoms with Crippen LogP contribution in [-0.4, -0.2) is 29.1 Å². The summed E-state index contributed by atoms with van der Waals surface area (Å²) in [5, 5.41) is 0. The molecule has 0 N–H and O–H groups in total. The molecule has 0 aliphatic carbocycles. The fourth-order valence-electron chi connectivity index (χ4n) is 5.84. The zero-order valence-electron chi connectivity index (χ0n) is 23.3. The molecule has 0 aromatic heterocycles. The number of hydrogen-bond donors (Lipinski definition) is 0. The molecule has 6 heteroatoms. The van der Waals surface area contributed by atoms with Crippen LogP contribution in [0.25, 0.3) is 11.1 Å². The number of aliphatic imine (C=N–C) groups is 4. The first-order valence-electron chi connectivity index (χ1n) is 13.7. The molecule has 2 aromatic rings. The molecular formula is C36H25BrN4O. The minimum atomic E-state index is 0.618. The van der Waals surface area contributed by atoms with Gasteiger partial charge in [-0.2, -0.15) is 0 Å². The second-order valence-electron chi connectivity index (χ2n) is 10.7. The number of carbonyl (C=O) groups is 1. The third-order valence-electron chi connectivity index (χ3n) is 7.64. The quantitative estimate of drug-likeness (QED) is 0.325. The van der Waals surface area contributed by atoms with Crippen LogP contribution in [0.2, 0.25) is 0 Å². The van der Waals surface area contributed by atoms with E-state index in [2.05, 4.69) is 61.0 Å². The van der Waals surface area contributed by atoms with Crippen LogP contribution in [0, 0.1) is 20.8 Å². The Labute approximate surface area is 252 Å². The predicted octanol–water partition coefficient (Wildman–Crippen LogP) is 8.09. The van der Waals surface area contributed by atoms with Crippen molar-refractivity contribution >= 4 is 56.2 Å². The molecule has 0 radical (unpaired) electrons. The average Bonchev–Trinajstić information content (AvgIpc) is 3.79. The maximum Gasteiger partial charge on any atom is 0.150 e. The molecule has 0 atom stereocenters. The molecule has 5 aliphatic rings. The smallest absolute Gasteiger partial charge is 0.150 e. The van der Waals surface area contributed by atoms with Gasteiger partial charge in [-0.1, -0.05) is 42.0 Å². The summed E-state index contributed by atoms with van der Waals surface area (Å²) in [6.45, 7) is 6.42. The van der Waals surface area contributed by atoms with Gasteiger partial charge in [-0.25, -0.2) is 20.0 Å². The Bertz CT molecular complexity index is 1970. The van der Waals surface area contributed by atoms with Gasteiger partial charge < -0.3 is 0 Å². The van der Waals surface area contributed by atoms with Crippen LogP contribution in [0.15, 0.2) is 138 Å². The fourth-order valence-corrected chi connectivity index (χ4v) is 6.28. The van der Waals surface area contributed by atoms with Gasteiger partial charge in [-0.15, -0.1) is 0 Å². The summed E-state index contributed by atoms with van der Waals surface area (Å²) in [5.74, 6) is 0. The number of halogens is 1. The molecule has 8 bridgehead atoms. The van der Waals surface area contributed by atoms with Crippen molar-refractivity contribution < 1.29 is 4.79 Å². The first-order chi connectivity index (χ1) is 20.4. The van der Waals surface area contributed by atoms with Gasteiger partial charge in [0, 0.05) is 16.7 Å². The lowest BCUT2D eigenvalue weighted by Crippen LogP contribution is -2.05. The van der Waals surface area contributed by atoms with Crippen LogP contribution in [-0.2, 0) is 0 Å². The van der Waals surface area contributed by atoms with Gasteiger partial charge in [0.25, 0.3) is 0 Å². The maximum absolute atomic E-state index is 11.3. The second-order valence-corrected chi connectivity index (χ2v) is 11.5. The van der Waals surface area contributed by atoms with Crippen LogP contribution in [0.4, 0.5) is 0 Å². The van der Waals surface area contributed by atoms with Gasteiger partial charge in [0.1, 0.15) is 6.29 Å². The van der Waals surface area contributed by atoms with E-state index in [0.29, 0.717) is 5.56 Å². The minimum absolute atomic E-state index is 0.618. The molecule has 0 saturated heterocycles. The van der Waals surface area contributed by atoms with Crippen molar-refractivity contribution in [2.75, 3.05) is 0 Å². The summed E-state index contributed by atoms with van der Waals surface area (Å²) in [6, 6.07) is 11.9. The van der Waals surface area contributed by atoms with Crippen molar-refractivity contribution in [2.24, 2.45) is 20.0 Å². The summed E-state index contributed by atoms with van der Waals surface area (Å²) < 4.78 is 0.806. The Morgan fingerprint density at radius 2 is 1.26 bits per heavy atom. The Morgan fingerprint density at radius 3 is 2.02 bits per heavy atom. The maximum atomic E-state index is 11.3. The largest absolute Gasteiger partial charge is 0.298 e. The first kappa shape index (κ1) is 26.1. The minimum Gasteiger partial charge on any atom is -0.298 e. The Hall–Kier alpha value is -4.81. The molecule has 0 saturated carbocycles. The monoisotopic (exact) mass is 608 g/mol. The summed E-state index contributed by atoms with van der Waals surface area (Å²) >= 11 is 3.81.